The van der Waals surface area contributed by atoms with Crippen molar-refractivity contribution in [2.24, 2.45) is 0 Å². The fraction of sp³-hybridized carbons (Fsp3) is 0.438. The van der Waals surface area contributed by atoms with Crippen molar-refractivity contribution < 1.29 is 9.21 Å². The third-order valence-electron chi connectivity index (χ3n) is 3.85. The summed E-state index contributed by atoms with van der Waals surface area (Å²) in [5, 5.41) is 4.33. The van der Waals surface area contributed by atoms with Gasteiger partial charge in [0, 0.05) is 11.4 Å². The highest BCUT2D eigenvalue weighted by Crippen LogP contribution is 2.21. The number of nitrogens with one attached hydrogen (secondary N) is 1. The first kappa shape index (κ1) is 12.4. The number of fused-ring (bicyclic) bond motifs is 1. The van der Waals surface area contributed by atoms with Crippen molar-refractivity contribution in [3.63, 3.8) is 0 Å². The van der Waals surface area contributed by atoms with Gasteiger partial charge in [0.2, 0.25) is 5.78 Å². The van der Waals surface area contributed by atoms with Crippen molar-refractivity contribution in [1.29, 1.82) is 0 Å². The Morgan fingerprint density at radius 3 is 2.89 bits per heavy atom. The zero-order valence-electron chi connectivity index (χ0n) is 11.2. The molecular formula is C16H19NO2. The summed E-state index contributed by atoms with van der Waals surface area (Å²) in [6.45, 7) is 2.42. The van der Waals surface area contributed by atoms with Crippen LogP contribution in [0.15, 0.2) is 28.7 Å². The fourth-order valence-corrected chi connectivity index (χ4v) is 2.75. The molecular weight excluding hydrogens is 238 g/mol. The number of carbonyl (C=O) groups excluding carboxylic acids is 1. The minimum Gasteiger partial charge on any atom is -0.453 e. The van der Waals surface area contributed by atoms with Crippen LogP contribution in [0.3, 0.4) is 0 Å². The first-order chi connectivity index (χ1) is 9.22. The first-order valence-corrected chi connectivity index (χ1v) is 6.99. The summed E-state index contributed by atoms with van der Waals surface area (Å²) in [7, 11) is 0. The van der Waals surface area contributed by atoms with Crippen LogP contribution in [0.4, 0.5) is 0 Å². The number of rotatable bonds is 4. The second-order valence-corrected chi connectivity index (χ2v) is 5.44. The second-order valence-electron chi connectivity index (χ2n) is 5.44. The molecule has 1 aromatic heterocycles. The fourth-order valence-electron chi connectivity index (χ4n) is 2.75. The Labute approximate surface area is 113 Å². The lowest BCUT2D eigenvalue weighted by Gasteiger charge is -2.09. The molecule has 1 heterocycles. The molecule has 1 saturated carbocycles. The number of Topliss-reactive ketones (excluding diaryl/α,β-unsaturated/α-hetero) is 1. The van der Waals surface area contributed by atoms with Crippen molar-refractivity contribution in [2.45, 2.75) is 38.6 Å². The Bertz CT molecular complexity index is 594. The molecule has 3 nitrogen and oxygen atoms in total. The molecule has 1 fully saturated rings. The second kappa shape index (κ2) is 5.17. The zero-order chi connectivity index (χ0) is 13.2. The van der Waals surface area contributed by atoms with Gasteiger partial charge in [-0.1, -0.05) is 24.5 Å². The lowest BCUT2D eigenvalue weighted by molar-refractivity contribution is 0.0963. The van der Waals surface area contributed by atoms with Gasteiger partial charge in [-0.25, -0.2) is 0 Å². The molecule has 0 amide bonds. The van der Waals surface area contributed by atoms with Gasteiger partial charge in [-0.05, 0) is 38.0 Å². The maximum absolute atomic E-state index is 12.1. The van der Waals surface area contributed by atoms with E-state index >= 15 is 0 Å². The summed E-state index contributed by atoms with van der Waals surface area (Å²) in [4.78, 5) is 12.1. The Balaban J connectivity index is 1.70. The largest absolute Gasteiger partial charge is 0.453 e. The van der Waals surface area contributed by atoms with Crippen LogP contribution in [0.25, 0.3) is 11.0 Å². The van der Waals surface area contributed by atoms with Crippen molar-refractivity contribution in [1.82, 2.24) is 5.32 Å². The van der Waals surface area contributed by atoms with Gasteiger partial charge in [0.1, 0.15) is 5.58 Å². The lowest BCUT2D eigenvalue weighted by Crippen LogP contribution is -2.31. The van der Waals surface area contributed by atoms with Gasteiger partial charge in [0.25, 0.3) is 0 Å². The molecule has 0 spiro atoms. The Hall–Kier alpha value is -1.61. The van der Waals surface area contributed by atoms with E-state index in [9.17, 15) is 4.79 Å². The average molecular weight is 257 g/mol. The minimum atomic E-state index is 0.0424. The van der Waals surface area contributed by atoms with Gasteiger partial charge in [-0.3, -0.25) is 4.79 Å². The molecule has 1 aliphatic carbocycles. The van der Waals surface area contributed by atoms with Crippen LogP contribution >= 0.6 is 0 Å². The third kappa shape index (κ3) is 2.71. The van der Waals surface area contributed by atoms with Crippen molar-refractivity contribution in [2.75, 3.05) is 6.54 Å². The quantitative estimate of drug-likeness (QED) is 0.853. The normalized spacial score (nSPS) is 16.3. The first-order valence-electron chi connectivity index (χ1n) is 6.99. The number of hydrogen-bond donors (Lipinski definition) is 1. The van der Waals surface area contributed by atoms with E-state index in [1.807, 2.05) is 31.2 Å². The Morgan fingerprint density at radius 2 is 2.11 bits per heavy atom. The molecule has 19 heavy (non-hydrogen) atoms. The number of furan rings is 1. The number of benzene rings is 1. The van der Waals surface area contributed by atoms with E-state index in [-0.39, 0.29) is 5.78 Å². The van der Waals surface area contributed by atoms with Gasteiger partial charge in [-0.15, -0.1) is 0 Å². The number of aryl methyl sites for hydroxylation is 1. The van der Waals surface area contributed by atoms with Crippen molar-refractivity contribution in [3.05, 3.63) is 35.6 Å². The van der Waals surface area contributed by atoms with Crippen LogP contribution in [0.5, 0.6) is 0 Å². The summed E-state index contributed by atoms with van der Waals surface area (Å²) in [5.74, 6) is 0.506. The van der Waals surface area contributed by atoms with Crippen LogP contribution in [-0.2, 0) is 0 Å². The van der Waals surface area contributed by atoms with E-state index in [1.54, 1.807) is 0 Å². The number of hydrogen-bond acceptors (Lipinski definition) is 3. The Kier molecular flexibility index (Phi) is 3.38. The molecule has 1 aliphatic rings. The van der Waals surface area contributed by atoms with E-state index in [0.29, 0.717) is 18.3 Å². The van der Waals surface area contributed by atoms with E-state index < -0.39 is 0 Å². The SMILES string of the molecule is Cc1ccc2oc(C(=O)CNC3CCCC3)cc2c1. The summed E-state index contributed by atoms with van der Waals surface area (Å²) in [6.07, 6.45) is 4.92. The molecule has 0 bridgehead atoms. The van der Waals surface area contributed by atoms with E-state index in [0.717, 1.165) is 11.0 Å². The van der Waals surface area contributed by atoms with Crippen LogP contribution in [0.2, 0.25) is 0 Å². The van der Waals surface area contributed by atoms with Gasteiger partial charge in [0.15, 0.2) is 5.76 Å². The summed E-state index contributed by atoms with van der Waals surface area (Å²) >= 11 is 0. The highest BCUT2D eigenvalue weighted by atomic mass is 16.3. The standard InChI is InChI=1S/C16H19NO2/c1-11-6-7-15-12(8-11)9-16(19-15)14(18)10-17-13-4-2-3-5-13/h6-9,13,17H,2-5,10H2,1H3. The summed E-state index contributed by atoms with van der Waals surface area (Å²) in [6, 6.07) is 8.32. The summed E-state index contributed by atoms with van der Waals surface area (Å²) < 4.78 is 5.61. The number of ketones is 1. The predicted molar refractivity (Wildman–Crippen MR) is 75.5 cm³/mol. The van der Waals surface area contributed by atoms with Crippen molar-refractivity contribution >= 4 is 16.8 Å². The maximum Gasteiger partial charge on any atom is 0.211 e. The van der Waals surface area contributed by atoms with Crippen LogP contribution in [-0.4, -0.2) is 18.4 Å². The highest BCUT2D eigenvalue weighted by molar-refractivity contribution is 5.98. The molecule has 100 valence electrons. The zero-order valence-corrected chi connectivity index (χ0v) is 11.2. The maximum atomic E-state index is 12.1. The van der Waals surface area contributed by atoms with Gasteiger partial charge >= 0.3 is 0 Å². The molecule has 0 aliphatic heterocycles. The van der Waals surface area contributed by atoms with E-state index in [4.69, 9.17) is 4.42 Å². The highest BCUT2D eigenvalue weighted by Gasteiger charge is 2.17. The molecule has 0 saturated heterocycles. The third-order valence-corrected chi connectivity index (χ3v) is 3.85. The molecule has 1 N–H and O–H groups in total. The topological polar surface area (TPSA) is 42.2 Å². The molecule has 3 heteroatoms. The van der Waals surface area contributed by atoms with Crippen LogP contribution in [0.1, 0.15) is 41.8 Å². The molecule has 1 aromatic carbocycles. The lowest BCUT2D eigenvalue weighted by atomic mass is 10.1. The van der Waals surface area contributed by atoms with Crippen molar-refractivity contribution in [3.8, 4) is 0 Å². The average Bonchev–Trinajstić information content (AvgIpc) is 3.04. The molecule has 0 atom stereocenters. The molecule has 3 rings (SSSR count). The monoisotopic (exact) mass is 257 g/mol. The molecule has 0 radical (unpaired) electrons. The van der Waals surface area contributed by atoms with Crippen LogP contribution < -0.4 is 5.32 Å². The molecule has 0 unspecified atom stereocenters. The van der Waals surface area contributed by atoms with Gasteiger partial charge in [0.05, 0.1) is 6.54 Å². The predicted octanol–water partition coefficient (Wildman–Crippen LogP) is 3.46. The van der Waals surface area contributed by atoms with Gasteiger partial charge in [-0.2, -0.15) is 0 Å². The smallest absolute Gasteiger partial charge is 0.211 e. The van der Waals surface area contributed by atoms with E-state index in [2.05, 4.69) is 5.32 Å². The van der Waals surface area contributed by atoms with E-state index in [1.165, 1.54) is 31.2 Å². The minimum absolute atomic E-state index is 0.0424. The van der Waals surface area contributed by atoms with Crippen LogP contribution in [0, 0.1) is 6.92 Å². The molecule has 2 aromatic rings. The Morgan fingerprint density at radius 1 is 1.32 bits per heavy atom. The summed E-state index contributed by atoms with van der Waals surface area (Å²) in [5.41, 5.74) is 1.96. The van der Waals surface area contributed by atoms with Gasteiger partial charge < -0.3 is 9.73 Å². The number of carbonyl (C=O) groups is 1.